The van der Waals surface area contributed by atoms with E-state index in [4.69, 9.17) is 26.3 Å². The fourth-order valence-corrected chi connectivity index (χ4v) is 7.27. The van der Waals surface area contributed by atoms with E-state index >= 15 is 0 Å². The molecule has 3 fully saturated rings. The zero-order valence-corrected chi connectivity index (χ0v) is 24.8. The molecule has 2 aliphatic heterocycles. The topological polar surface area (TPSA) is 86.6 Å². The molecule has 8 heteroatoms. The Morgan fingerprint density at radius 2 is 1.80 bits per heavy atom. The molecule has 3 aliphatic rings. The number of carbonyl (C=O) groups is 1. The molecule has 0 radical (unpaired) electrons. The summed E-state index contributed by atoms with van der Waals surface area (Å²) in [5.74, 6) is 1.22. The lowest BCUT2D eigenvalue weighted by molar-refractivity contribution is -0.164. The Kier molecular flexibility index (Phi) is 8.33. The van der Waals surface area contributed by atoms with Crippen molar-refractivity contribution in [3.05, 3.63) is 58.6 Å². The lowest BCUT2D eigenvalue weighted by Gasteiger charge is -2.63. The van der Waals surface area contributed by atoms with Gasteiger partial charge in [-0.25, -0.2) is 0 Å². The Morgan fingerprint density at radius 3 is 2.45 bits per heavy atom. The van der Waals surface area contributed by atoms with Crippen LogP contribution in [0.5, 0.6) is 5.75 Å². The Morgan fingerprint density at radius 1 is 1.10 bits per heavy atom. The van der Waals surface area contributed by atoms with Crippen molar-refractivity contribution in [3.8, 4) is 11.8 Å². The fraction of sp³-hybridized carbons (Fsp3) is 0.562. The zero-order valence-electron chi connectivity index (χ0n) is 24.0. The summed E-state index contributed by atoms with van der Waals surface area (Å²) >= 11 is 6.21. The lowest BCUT2D eigenvalue weighted by Crippen LogP contribution is -2.74. The van der Waals surface area contributed by atoms with Crippen LogP contribution in [-0.2, 0) is 4.74 Å². The van der Waals surface area contributed by atoms with Crippen LogP contribution in [0, 0.1) is 28.1 Å². The maximum Gasteiger partial charge on any atom is 0.251 e. The van der Waals surface area contributed by atoms with E-state index in [0.29, 0.717) is 27.8 Å². The molecule has 2 saturated heterocycles. The highest BCUT2D eigenvalue weighted by atomic mass is 35.5. The maximum absolute atomic E-state index is 13.3. The molecule has 0 aromatic heterocycles. The van der Waals surface area contributed by atoms with Gasteiger partial charge in [-0.15, -0.1) is 0 Å². The first-order valence-corrected chi connectivity index (χ1v) is 14.8. The fourth-order valence-electron chi connectivity index (χ4n) is 7.05. The molecule has 7 nitrogen and oxygen atoms in total. The van der Waals surface area contributed by atoms with Gasteiger partial charge in [0.25, 0.3) is 5.91 Å². The van der Waals surface area contributed by atoms with Gasteiger partial charge < -0.3 is 25.0 Å². The number of nitriles is 1. The number of hydrogen-bond acceptors (Lipinski definition) is 6. The van der Waals surface area contributed by atoms with Gasteiger partial charge in [-0.05, 0) is 74.7 Å². The Balaban J connectivity index is 1.15. The molecule has 2 aromatic carbocycles. The van der Waals surface area contributed by atoms with Gasteiger partial charge in [0.1, 0.15) is 17.9 Å². The quantitative estimate of drug-likeness (QED) is 0.445. The minimum atomic E-state index is -0.307. The largest absolute Gasteiger partial charge is 0.489 e. The standard InChI is InChI=1S/C32H41ClN4O3/c1-31(2)29(32(3,4)30(31)40-25-10-7-23(18-34)27(33)17-25)36-28(38)22-5-8-24(9-6-22)37-16-13-26(19-37)39-20-21-11-14-35-15-12-21/h5-10,17,21,26,29-30,35H,11-16,19-20H2,1-4H3,(H,36,38)/t26-,29-,30-/m0/s1. The van der Waals surface area contributed by atoms with Crippen molar-refractivity contribution in [2.24, 2.45) is 16.7 Å². The number of carbonyl (C=O) groups excluding carboxylic acids is 1. The van der Waals surface area contributed by atoms with Gasteiger partial charge in [-0.2, -0.15) is 5.26 Å². The minimum absolute atomic E-state index is 0.0811. The van der Waals surface area contributed by atoms with Crippen LogP contribution in [0.3, 0.4) is 0 Å². The van der Waals surface area contributed by atoms with Crippen molar-refractivity contribution in [2.75, 3.05) is 37.7 Å². The summed E-state index contributed by atoms with van der Waals surface area (Å²) in [6.45, 7) is 13.4. The predicted octanol–water partition coefficient (Wildman–Crippen LogP) is 5.42. The maximum atomic E-state index is 13.3. The number of ether oxygens (including phenoxy) is 2. The van der Waals surface area contributed by atoms with Crippen molar-refractivity contribution in [3.63, 3.8) is 0 Å². The smallest absolute Gasteiger partial charge is 0.251 e. The Hall–Kier alpha value is -2.79. The number of halogens is 1. The molecule has 1 atom stereocenters. The molecule has 1 amide bonds. The summed E-state index contributed by atoms with van der Waals surface area (Å²) in [6.07, 6.45) is 3.58. The van der Waals surface area contributed by atoms with E-state index in [1.54, 1.807) is 18.2 Å². The van der Waals surface area contributed by atoms with Gasteiger partial charge in [0.15, 0.2) is 0 Å². The first-order chi connectivity index (χ1) is 19.1. The minimum Gasteiger partial charge on any atom is -0.489 e. The van der Waals surface area contributed by atoms with E-state index in [2.05, 4.69) is 49.3 Å². The van der Waals surface area contributed by atoms with Gasteiger partial charge in [-0.1, -0.05) is 39.3 Å². The molecule has 0 bridgehead atoms. The number of nitrogens with zero attached hydrogens (tertiary/aromatic N) is 2. The van der Waals surface area contributed by atoms with E-state index in [-0.39, 0.29) is 35.0 Å². The molecule has 214 valence electrons. The zero-order chi connectivity index (χ0) is 28.5. The summed E-state index contributed by atoms with van der Waals surface area (Å²) in [5, 5.41) is 16.2. The summed E-state index contributed by atoms with van der Waals surface area (Å²) in [4.78, 5) is 15.6. The van der Waals surface area contributed by atoms with Gasteiger partial charge in [0.2, 0.25) is 0 Å². The van der Waals surface area contributed by atoms with Gasteiger partial charge in [0.05, 0.1) is 16.7 Å². The van der Waals surface area contributed by atoms with Crippen LogP contribution >= 0.6 is 11.6 Å². The van der Waals surface area contributed by atoms with E-state index in [1.807, 2.05) is 24.3 Å². The number of piperidine rings is 1. The van der Waals surface area contributed by atoms with Crippen LogP contribution < -0.4 is 20.3 Å². The average Bonchev–Trinajstić information content (AvgIpc) is 3.43. The summed E-state index contributed by atoms with van der Waals surface area (Å²) in [7, 11) is 0. The highest BCUT2D eigenvalue weighted by molar-refractivity contribution is 6.31. The molecule has 40 heavy (non-hydrogen) atoms. The molecule has 0 spiro atoms. The second-order valence-electron chi connectivity index (χ2n) is 12.7. The summed E-state index contributed by atoms with van der Waals surface area (Å²) in [6, 6.07) is 15.0. The van der Waals surface area contributed by atoms with Crippen LogP contribution in [0.15, 0.2) is 42.5 Å². The first-order valence-electron chi connectivity index (χ1n) is 14.4. The molecular weight excluding hydrogens is 524 g/mol. The van der Waals surface area contributed by atoms with Gasteiger partial charge in [0, 0.05) is 53.9 Å². The van der Waals surface area contributed by atoms with E-state index in [9.17, 15) is 4.79 Å². The van der Waals surface area contributed by atoms with Crippen LogP contribution in [0.2, 0.25) is 5.02 Å². The van der Waals surface area contributed by atoms with Crippen LogP contribution in [0.1, 0.15) is 62.9 Å². The highest BCUT2D eigenvalue weighted by Crippen LogP contribution is 2.55. The predicted molar refractivity (Wildman–Crippen MR) is 158 cm³/mol. The third kappa shape index (κ3) is 5.81. The molecule has 5 rings (SSSR count). The Labute approximate surface area is 243 Å². The van der Waals surface area contributed by atoms with Crippen molar-refractivity contribution in [1.82, 2.24) is 10.6 Å². The number of anilines is 1. The van der Waals surface area contributed by atoms with Crippen molar-refractivity contribution >= 4 is 23.2 Å². The lowest BCUT2D eigenvalue weighted by atomic mass is 9.49. The normalized spacial score (nSPS) is 25.6. The molecule has 1 saturated carbocycles. The second-order valence-corrected chi connectivity index (χ2v) is 13.1. The Bertz CT molecular complexity index is 1230. The second kappa shape index (κ2) is 11.6. The molecule has 2 N–H and O–H groups in total. The number of nitrogens with one attached hydrogen (secondary N) is 2. The SMILES string of the molecule is CC1(C)[C@H](NC(=O)c2ccc(N3CC[C@H](OCC4CCNCC4)C3)cc2)C(C)(C)[C@H]1Oc1ccc(C#N)c(Cl)c1. The van der Waals surface area contributed by atoms with E-state index in [1.165, 1.54) is 12.8 Å². The summed E-state index contributed by atoms with van der Waals surface area (Å²) < 4.78 is 12.6. The van der Waals surface area contributed by atoms with Crippen molar-refractivity contribution in [2.45, 2.75) is 65.2 Å². The van der Waals surface area contributed by atoms with Gasteiger partial charge >= 0.3 is 0 Å². The molecule has 1 aliphatic carbocycles. The molecule has 0 unspecified atom stereocenters. The van der Waals surface area contributed by atoms with Crippen molar-refractivity contribution in [1.29, 1.82) is 5.26 Å². The van der Waals surface area contributed by atoms with Crippen LogP contribution in [0.4, 0.5) is 5.69 Å². The third-order valence-electron chi connectivity index (χ3n) is 9.10. The number of amides is 1. The number of hydrogen-bond donors (Lipinski definition) is 2. The molecular formula is C32H41ClN4O3. The van der Waals surface area contributed by atoms with E-state index in [0.717, 1.165) is 44.9 Å². The van der Waals surface area contributed by atoms with Crippen LogP contribution in [-0.4, -0.2) is 56.9 Å². The molecule has 2 heterocycles. The monoisotopic (exact) mass is 564 g/mol. The number of benzene rings is 2. The van der Waals surface area contributed by atoms with Crippen molar-refractivity contribution < 1.29 is 14.3 Å². The average molecular weight is 565 g/mol. The first kappa shape index (κ1) is 28.7. The highest BCUT2D eigenvalue weighted by Gasteiger charge is 2.64. The number of rotatable bonds is 8. The molecule has 2 aromatic rings. The van der Waals surface area contributed by atoms with Crippen LogP contribution in [0.25, 0.3) is 0 Å². The van der Waals surface area contributed by atoms with E-state index < -0.39 is 0 Å². The third-order valence-corrected chi connectivity index (χ3v) is 9.41. The van der Waals surface area contributed by atoms with Gasteiger partial charge in [-0.3, -0.25) is 4.79 Å². The summed E-state index contributed by atoms with van der Waals surface area (Å²) in [5.41, 5.74) is 1.58.